The molecule has 0 saturated heterocycles. The number of carbonyl (C=O) groups excluding carboxylic acids is 4. The molecule has 0 aliphatic carbocycles. The average molecular weight is 403 g/mol. The van der Waals surface area contributed by atoms with Crippen molar-refractivity contribution in [1.29, 1.82) is 0 Å². The van der Waals surface area contributed by atoms with Crippen LogP contribution in [0.1, 0.15) is 64.2 Å². The fraction of sp³-hybridized carbons (Fsp3) is 0.647. The summed E-state index contributed by atoms with van der Waals surface area (Å²) in [6.45, 7) is 0. The van der Waals surface area contributed by atoms with Crippen LogP contribution < -0.4 is 5.73 Å². The maximum absolute atomic E-state index is 11.6. The van der Waals surface area contributed by atoms with Gasteiger partial charge in [-0.3, -0.25) is 24.0 Å². The summed E-state index contributed by atoms with van der Waals surface area (Å²) in [5, 5.41) is 16.9. The number of unbranched alkanes of at least 4 members (excludes halogenated alkanes) is 2. The summed E-state index contributed by atoms with van der Waals surface area (Å²) in [7, 11) is 0. The van der Waals surface area contributed by atoms with Gasteiger partial charge >= 0.3 is 35.8 Å². The molecule has 0 aliphatic rings. The van der Waals surface area contributed by atoms with E-state index in [2.05, 4.69) is 9.47 Å². The highest BCUT2D eigenvalue weighted by Crippen LogP contribution is 2.06. The summed E-state index contributed by atoms with van der Waals surface area (Å²) in [6.07, 6.45) is 0.0827. The number of carboxylic acids is 2. The van der Waals surface area contributed by atoms with Gasteiger partial charge in [-0.05, 0) is 32.1 Å². The lowest BCUT2D eigenvalue weighted by Gasteiger charge is -2.10. The van der Waals surface area contributed by atoms with Gasteiger partial charge in [-0.25, -0.2) is 4.79 Å². The molecule has 0 radical (unpaired) electrons. The monoisotopic (exact) mass is 403 g/mol. The van der Waals surface area contributed by atoms with E-state index >= 15 is 0 Å². The second-order valence-corrected chi connectivity index (χ2v) is 5.99. The van der Waals surface area contributed by atoms with Crippen LogP contribution in [-0.2, 0) is 38.2 Å². The lowest BCUT2D eigenvalue weighted by atomic mass is 10.1. The smallest absolute Gasteiger partial charge is 0.330 e. The number of ether oxygens (including phenoxy) is 2. The van der Waals surface area contributed by atoms with Crippen molar-refractivity contribution in [2.75, 3.05) is 0 Å². The third-order valence-corrected chi connectivity index (χ3v) is 3.45. The quantitative estimate of drug-likeness (QED) is 0.208. The van der Waals surface area contributed by atoms with Gasteiger partial charge in [-0.1, -0.05) is 0 Å². The van der Waals surface area contributed by atoms with Crippen LogP contribution in [0.3, 0.4) is 0 Å². The third-order valence-electron chi connectivity index (χ3n) is 3.45. The van der Waals surface area contributed by atoms with E-state index < -0.39 is 41.9 Å². The minimum Gasteiger partial charge on any atom is -0.481 e. The van der Waals surface area contributed by atoms with E-state index in [1.807, 2.05) is 0 Å². The Labute approximate surface area is 161 Å². The van der Waals surface area contributed by atoms with Gasteiger partial charge in [0, 0.05) is 32.1 Å². The molecule has 0 fully saturated rings. The number of carboxylic acid groups (broad SMARTS) is 2. The van der Waals surface area contributed by atoms with Crippen LogP contribution in [0.4, 0.5) is 0 Å². The van der Waals surface area contributed by atoms with Gasteiger partial charge in [0.1, 0.15) is 6.04 Å². The Hall–Kier alpha value is -2.82. The molecule has 0 rings (SSSR count). The van der Waals surface area contributed by atoms with Crippen molar-refractivity contribution in [2.24, 2.45) is 5.73 Å². The fourth-order valence-corrected chi connectivity index (χ4v) is 1.95. The molecule has 0 amide bonds. The largest absolute Gasteiger partial charge is 0.481 e. The number of hydrogen-bond donors (Lipinski definition) is 3. The summed E-state index contributed by atoms with van der Waals surface area (Å²) in [6, 6.07) is -1.26. The molecule has 0 saturated carbocycles. The zero-order valence-electron chi connectivity index (χ0n) is 15.4. The van der Waals surface area contributed by atoms with Crippen LogP contribution in [-0.4, -0.2) is 52.1 Å². The topological polar surface area (TPSA) is 187 Å². The molecule has 1 atom stereocenters. The minimum absolute atomic E-state index is 0.0868. The van der Waals surface area contributed by atoms with E-state index in [1.165, 1.54) is 0 Å². The molecule has 0 unspecified atom stereocenters. The van der Waals surface area contributed by atoms with E-state index in [-0.39, 0.29) is 64.2 Å². The molecule has 0 aromatic carbocycles. The van der Waals surface area contributed by atoms with Crippen molar-refractivity contribution in [3.8, 4) is 0 Å². The van der Waals surface area contributed by atoms with Gasteiger partial charge in [-0.15, -0.1) is 0 Å². The molecular formula is C17H25NO10. The number of esters is 4. The van der Waals surface area contributed by atoms with Crippen molar-refractivity contribution < 1.29 is 48.5 Å². The Morgan fingerprint density at radius 1 is 0.643 bits per heavy atom. The van der Waals surface area contributed by atoms with Gasteiger partial charge in [-0.2, -0.15) is 0 Å². The maximum atomic E-state index is 11.6. The Morgan fingerprint density at radius 2 is 1.04 bits per heavy atom. The SMILES string of the molecule is N[C@@H](CCC(=O)OC(=O)CCCCC(=O)O)C(=O)OC(=O)CCCCC(=O)O. The molecule has 0 spiro atoms. The molecule has 28 heavy (non-hydrogen) atoms. The van der Waals surface area contributed by atoms with Gasteiger partial charge in [0.25, 0.3) is 0 Å². The fourth-order valence-electron chi connectivity index (χ4n) is 1.95. The standard InChI is InChI=1S/C17H25NO10/c18-11(17(26)28-15(24)8-4-2-6-13(21)22)9-10-16(25)27-14(23)7-3-1-5-12(19)20/h11H,1-10,18H2,(H,19,20)(H,21,22)/t11-/m0/s1. The van der Waals surface area contributed by atoms with Gasteiger partial charge < -0.3 is 25.4 Å². The second-order valence-electron chi connectivity index (χ2n) is 5.99. The number of aliphatic carboxylic acids is 2. The first kappa shape index (κ1) is 25.2. The Balaban J connectivity index is 3.96. The summed E-state index contributed by atoms with van der Waals surface area (Å²) in [5.41, 5.74) is 5.51. The van der Waals surface area contributed by atoms with E-state index in [1.54, 1.807) is 0 Å². The highest BCUT2D eigenvalue weighted by atomic mass is 16.6. The predicted octanol–water partition coefficient (Wildman–Crippen LogP) is 0.523. The summed E-state index contributed by atoms with van der Waals surface area (Å²) >= 11 is 0. The number of rotatable bonds is 14. The van der Waals surface area contributed by atoms with Crippen LogP contribution >= 0.6 is 0 Å². The predicted molar refractivity (Wildman–Crippen MR) is 91.6 cm³/mol. The van der Waals surface area contributed by atoms with Crippen molar-refractivity contribution in [1.82, 2.24) is 0 Å². The maximum Gasteiger partial charge on any atom is 0.330 e. The van der Waals surface area contributed by atoms with Crippen molar-refractivity contribution >= 4 is 35.8 Å². The Kier molecular flexibility index (Phi) is 12.8. The normalized spacial score (nSPS) is 11.3. The number of hydrogen-bond acceptors (Lipinski definition) is 9. The first-order valence-corrected chi connectivity index (χ1v) is 8.79. The Bertz CT molecular complexity index is 586. The molecule has 11 heteroatoms. The molecule has 11 nitrogen and oxygen atoms in total. The van der Waals surface area contributed by atoms with Gasteiger partial charge in [0.2, 0.25) is 0 Å². The second kappa shape index (κ2) is 14.3. The molecule has 0 aromatic rings. The third kappa shape index (κ3) is 14.4. The molecule has 4 N–H and O–H groups in total. The zero-order chi connectivity index (χ0) is 21.5. The molecule has 0 heterocycles. The molecular weight excluding hydrogens is 378 g/mol. The van der Waals surface area contributed by atoms with Crippen molar-refractivity contribution in [2.45, 2.75) is 70.3 Å². The lowest BCUT2D eigenvalue weighted by Crippen LogP contribution is -2.34. The van der Waals surface area contributed by atoms with E-state index in [0.717, 1.165) is 0 Å². The molecule has 0 bridgehead atoms. The molecule has 0 aromatic heterocycles. The minimum atomic E-state index is -1.26. The first-order chi connectivity index (χ1) is 13.1. The first-order valence-electron chi connectivity index (χ1n) is 8.79. The van der Waals surface area contributed by atoms with Crippen LogP contribution in [0.15, 0.2) is 0 Å². The number of carbonyl (C=O) groups is 6. The zero-order valence-corrected chi connectivity index (χ0v) is 15.4. The van der Waals surface area contributed by atoms with Crippen LogP contribution in [0.5, 0.6) is 0 Å². The van der Waals surface area contributed by atoms with E-state index in [9.17, 15) is 28.8 Å². The summed E-state index contributed by atoms with van der Waals surface area (Å²) in [5.74, 6) is -5.54. The molecule has 0 aliphatic heterocycles. The van der Waals surface area contributed by atoms with E-state index in [4.69, 9.17) is 15.9 Å². The highest BCUT2D eigenvalue weighted by Gasteiger charge is 2.21. The average Bonchev–Trinajstić information content (AvgIpc) is 2.59. The van der Waals surface area contributed by atoms with Crippen molar-refractivity contribution in [3.05, 3.63) is 0 Å². The summed E-state index contributed by atoms with van der Waals surface area (Å²) in [4.78, 5) is 66.6. The van der Waals surface area contributed by atoms with E-state index in [0.29, 0.717) is 0 Å². The van der Waals surface area contributed by atoms with Crippen LogP contribution in [0.25, 0.3) is 0 Å². The lowest BCUT2D eigenvalue weighted by molar-refractivity contribution is -0.161. The highest BCUT2D eigenvalue weighted by molar-refractivity contribution is 5.89. The Morgan fingerprint density at radius 3 is 1.50 bits per heavy atom. The summed E-state index contributed by atoms with van der Waals surface area (Å²) < 4.78 is 9.01. The van der Waals surface area contributed by atoms with Crippen LogP contribution in [0.2, 0.25) is 0 Å². The van der Waals surface area contributed by atoms with Gasteiger partial charge in [0.05, 0.1) is 0 Å². The molecule has 158 valence electrons. The van der Waals surface area contributed by atoms with Crippen molar-refractivity contribution in [3.63, 3.8) is 0 Å². The van der Waals surface area contributed by atoms with Crippen LogP contribution in [0, 0.1) is 0 Å². The van der Waals surface area contributed by atoms with Gasteiger partial charge in [0.15, 0.2) is 0 Å². The number of nitrogens with two attached hydrogens (primary N) is 1.